The quantitative estimate of drug-likeness (QED) is 0.716. The number of nitrogens with zero attached hydrogens (tertiary/aromatic N) is 1. The number of nitrogens with one attached hydrogen (secondary N) is 2. The minimum Gasteiger partial charge on any atom is -0.373 e. The standard InChI is InChI=1S/C17H15N3O3/c1-20-9-17(14(21)18-16(23)19-15(17)22)8-12-11-5-3-2-4-10(11)6-7-13(12)20/h2-7H,8-9H2,1H3,(H2,18,19,21,22,23). The number of carbonyl (C=O) groups is 3. The topological polar surface area (TPSA) is 78.5 Å². The van der Waals surface area contributed by atoms with Crippen LogP contribution < -0.4 is 15.5 Å². The maximum atomic E-state index is 12.5. The molecular formula is C17H15N3O3. The molecule has 1 spiro atoms. The lowest BCUT2D eigenvalue weighted by Crippen LogP contribution is -2.67. The fourth-order valence-corrected chi connectivity index (χ4v) is 3.60. The summed E-state index contributed by atoms with van der Waals surface area (Å²) in [6.45, 7) is 0.239. The summed E-state index contributed by atoms with van der Waals surface area (Å²) < 4.78 is 0. The van der Waals surface area contributed by atoms with Crippen LogP contribution in [0.2, 0.25) is 0 Å². The molecule has 116 valence electrons. The summed E-state index contributed by atoms with van der Waals surface area (Å²) >= 11 is 0. The van der Waals surface area contributed by atoms with Gasteiger partial charge in [0.1, 0.15) is 5.41 Å². The van der Waals surface area contributed by atoms with Crippen LogP contribution in [0, 0.1) is 5.41 Å². The van der Waals surface area contributed by atoms with Crippen LogP contribution in [0.4, 0.5) is 10.5 Å². The Labute approximate surface area is 132 Å². The molecule has 1 saturated heterocycles. The van der Waals surface area contributed by atoms with Crippen LogP contribution in [0.15, 0.2) is 36.4 Å². The Hall–Kier alpha value is -2.89. The first-order valence-electron chi connectivity index (χ1n) is 7.40. The van der Waals surface area contributed by atoms with Crippen LogP contribution in [0.5, 0.6) is 0 Å². The van der Waals surface area contributed by atoms with Gasteiger partial charge in [-0.2, -0.15) is 0 Å². The van der Waals surface area contributed by atoms with Gasteiger partial charge in [0.05, 0.1) is 0 Å². The van der Waals surface area contributed by atoms with Crippen molar-refractivity contribution >= 4 is 34.3 Å². The molecule has 2 N–H and O–H groups in total. The molecular weight excluding hydrogens is 294 g/mol. The lowest BCUT2D eigenvalue weighted by Gasteiger charge is -2.42. The van der Waals surface area contributed by atoms with Crippen LogP contribution in [0.25, 0.3) is 10.8 Å². The lowest BCUT2D eigenvalue weighted by atomic mass is 9.74. The van der Waals surface area contributed by atoms with E-state index in [-0.39, 0.29) is 13.0 Å². The van der Waals surface area contributed by atoms with Crippen LogP contribution >= 0.6 is 0 Å². The SMILES string of the molecule is CN1CC2(Cc3c1ccc1ccccc31)C(=O)NC(=O)NC2=O. The molecule has 2 aliphatic rings. The van der Waals surface area contributed by atoms with Crippen molar-refractivity contribution in [1.29, 1.82) is 0 Å². The van der Waals surface area contributed by atoms with Crippen molar-refractivity contribution in [3.8, 4) is 0 Å². The van der Waals surface area contributed by atoms with Crippen molar-refractivity contribution in [3.05, 3.63) is 42.0 Å². The zero-order valence-corrected chi connectivity index (χ0v) is 12.6. The Balaban J connectivity index is 1.91. The fourth-order valence-electron chi connectivity index (χ4n) is 3.60. The molecule has 23 heavy (non-hydrogen) atoms. The van der Waals surface area contributed by atoms with Gasteiger partial charge < -0.3 is 4.90 Å². The van der Waals surface area contributed by atoms with Crippen molar-refractivity contribution in [2.24, 2.45) is 5.41 Å². The highest BCUT2D eigenvalue weighted by Crippen LogP contribution is 2.40. The second-order valence-electron chi connectivity index (χ2n) is 6.14. The largest absolute Gasteiger partial charge is 0.373 e. The van der Waals surface area contributed by atoms with Gasteiger partial charge in [0.25, 0.3) is 0 Å². The van der Waals surface area contributed by atoms with E-state index >= 15 is 0 Å². The molecule has 4 rings (SSSR count). The number of hydrogen-bond acceptors (Lipinski definition) is 4. The first-order chi connectivity index (χ1) is 11.0. The summed E-state index contributed by atoms with van der Waals surface area (Å²) in [5.41, 5.74) is 0.683. The number of urea groups is 1. The summed E-state index contributed by atoms with van der Waals surface area (Å²) in [6.07, 6.45) is 0.277. The van der Waals surface area contributed by atoms with E-state index in [1.807, 2.05) is 48.3 Å². The van der Waals surface area contributed by atoms with E-state index < -0.39 is 23.3 Å². The highest BCUT2D eigenvalue weighted by Gasteiger charge is 2.53. The third-order valence-corrected chi connectivity index (χ3v) is 4.74. The molecule has 2 aromatic carbocycles. The van der Waals surface area contributed by atoms with Crippen molar-refractivity contribution in [1.82, 2.24) is 10.6 Å². The van der Waals surface area contributed by atoms with Gasteiger partial charge in [0.15, 0.2) is 0 Å². The van der Waals surface area contributed by atoms with E-state index in [2.05, 4.69) is 10.6 Å². The Morgan fingerprint density at radius 2 is 1.70 bits per heavy atom. The monoisotopic (exact) mass is 309 g/mol. The first-order valence-corrected chi connectivity index (χ1v) is 7.40. The molecule has 0 bridgehead atoms. The van der Waals surface area contributed by atoms with Gasteiger partial charge in [0.2, 0.25) is 11.8 Å². The van der Waals surface area contributed by atoms with Crippen molar-refractivity contribution in [2.45, 2.75) is 6.42 Å². The molecule has 0 aromatic heterocycles. The summed E-state index contributed by atoms with van der Waals surface area (Å²) in [6, 6.07) is 11.2. The van der Waals surface area contributed by atoms with Crippen molar-refractivity contribution < 1.29 is 14.4 Å². The zero-order chi connectivity index (χ0) is 16.2. The molecule has 6 heteroatoms. The first kappa shape index (κ1) is 13.8. The normalized spacial score (nSPS) is 19.5. The summed E-state index contributed by atoms with van der Waals surface area (Å²) in [5.74, 6) is -1.06. The van der Waals surface area contributed by atoms with E-state index in [0.29, 0.717) is 0 Å². The highest BCUT2D eigenvalue weighted by molar-refractivity contribution is 6.20. The van der Waals surface area contributed by atoms with Gasteiger partial charge in [0, 0.05) is 25.7 Å². The third-order valence-electron chi connectivity index (χ3n) is 4.74. The second-order valence-corrected chi connectivity index (χ2v) is 6.14. The molecule has 4 amide bonds. The van der Waals surface area contributed by atoms with Crippen molar-refractivity contribution in [2.75, 3.05) is 18.5 Å². The predicted molar refractivity (Wildman–Crippen MR) is 85.0 cm³/mol. The van der Waals surface area contributed by atoms with E-state index in [1.165, 1.54) is 0 Å². The van der Waals surface area contributed by atoms with E-state index in [0.717, 1.165) is 22.0 Å². The minimum absolute atomic E-state index is 0.239. The van der Waals surface area contributed by atoms with Crippen LogP contribution in [0.3, 0.4) is 0 Å². The Morgan fingerprint density at radius 1 is 1.00 bits per heavy atom. The summed E-state index contributed by atoms with van der Waals surface area (Å²) in [5, 5.41) is 6.55. The molecule has 2 aromatic rings. The second kappa shape index (κ2) is 4.55. The molecule has 0 saturated carbocycles. The molecule has 2 heterocycles. The Morgan fingerprint density at radius 3 is 2.43 bits per heavy atom. The number of barbiturate groups is 1. The van der Waals surface area contributed by atoms with Gasteiger partial charge >= 0.3 is 6.03 Å². The fraction of sp³-hybridized carbons (Fsp3) is 0.235. The van der Waals surface area contributed by atoms with Crippen LogP contribution in [0.1, 0.15) is 5.56 Å². The number of imide groups is 2. The molecule has 0 atom stereocenters. The van der Waals surface area contributed by atoms with Crippen molar-refractivity contribution in [3.63, 3.8) is 0 Å². The Bertz CT molecular complexity index is 855. The molecule has 2 aliphatic heterocycles. The van der Waals surface area contributed by atoms with Gasteiger partial charge in [-0.1, -0.05) is 30.3 Å². The average Bonchev–Trinajstić information content (AvgIpc) is 2.52. The summed E-state index contributed by atoms with van der Waals surface area (Å²) in [7, 11) is 1.85. The maximum absolute atomic E-state index is 12.5. The average molecular weight is 309 g/mol. The zero-order valence-electron chi connectivity index (χ0n) is 12.6. The van der Waals surface area contributed by atoms with Crippen LogP contribution in [-0.4, -0.2) is 31.4 Å². The Kier molecular flexibility index (Phi) is 2.72. The maximum Gasteiger partial charge on any atom is 0.328 e. The highest BCUT2D eigenvalue weighted by atomic mass is 16.2. The van der Waals surface area contributed by atoms with E-state index in [9.17, 15) is 14.4 Å². The molecule has 0 aliphatic carbocycles. The number of hydrogen-bond donors (Lipinski definition) is 2. The minimum atomic E-state index is -1.28. The number of fused-ring (bicyclic) bond motifs is 3. The molecule has 6 nitrogen and oxygen atoms in total. The lowest BCUT2D eigenvalue weighted by molar-refractivity contribution is -0.143. The number of amides is 4. The smallest absolute Gasteiger partial charge is 0.328 e. The van der Waals surface area contributed by atoms with Gasteiger partial charge in [-0.15, -0.1) is 0 Å². The number of carbonyl (C=O) groups excluding carboxylic acids is 3. The van der Waals surface area contributed by atoms with Crippen LogP contribution in [-0.2, 0) is 16.0 Å². The van der Waals surface area contributed by atoms with Gasteiger partial charge in [-0.05, 0) is 22.4 Å². The van der Waals surface area contributed by atoms with Gasteiger partial charge in [-0.25, -0.2) is 4.79 Å². The predicted octanol–water partition coefficient (Wildman–Crippen LogP) is 1.18. The summed E-state index contributed by atoms with van der Waals surface area (Å²) in [4.78, 5) is 38.2. The molecule has 0 unspecified atom stereocenters. The number of rotatable bonds is 0. The molecule has 0 radical (unpaired) electrons. The van der Waals surface area contributed by atoms with Gasteiger partial charge in [-0.3, -0.25) is 20.2 Å². The number of anilines is 1. The number of benzene rings is 2. The third kappa shape index (κ3) is 1.84. The van der Waals surface area contributed by atoms with E-state index in [4.69, 9.17) is 0 Å². The molecule has 1 fully saturated rings. The van der Waals surface area contributed by atoms with E-state index in [1.54, 1.807) is 0 Å².